The molecular weight excluding hydrogens is 232 g/mol. The summed E-state index contributed by atoms with van der Waals surface area (Å²) >= 11 is 0. The number of hydrogen-bond donors (Lipinski definition) is 1. The summed E-state index contributed by atoms with van der Waals surface area (Å²) in [5.41, 5.74) is 1.93. The molecule has 2 aromatic rings. The second kappa shape index (κ2) is 5.79. The van der Waals surface area contributed by atoms with E-state index in [9.17, 15) is 0 Å². The van der Waals surface area contributed by atoms with Crippen LogP contribution in [0.2, 0.25) is 0 Å². The first-order valence-corrected chi connectivity index (χ1v) is 5.91. The molecule has 0 aliphatic heterocycles. The van der Waals surface area contributed by atoms with Crippen LogP contribution >= 0.6 is 0 Å². The highest BCUT2D eigenvalue weighted by Crippen LogP contribution is 2.17. The van der Waals surface area contributed by atoms with Crippen LogP contribution in [0, 0.1) is 6.92 Å². The van der Waals surface area contributed by atoms with Crippen LogP contribution in [0.25, 0.3) is 5.65 Å². The van der Waals surface area contributed by atoms with Crippen molar-refractivity contribution < 1.29 is 9.84 Å². The zero-order valence-electron chi connectivity index (χ0n) is 10.7. The molecule has 0 fully saturated rings. The molecule has 6 nitrogen and oxygen atoms in total. The molecule has 2 aromatic heterocycles. The fourth-order valence-corrected chi connectivity index (χ4v) is 1.92. The first kappa shape index (κ1) is 12.8. The average molecular weight is 250 g/mol. The van der Waals surface area contributed by atoms with Crippen molar-refractivity contribution in [3.05, 3.63) is 24.0 Å². The first-order chi connectivity index (χ1) is 8.76. The maximum absolute atomic E-state index is 9.16. The summed E-state index contributed by atoms with van der Waals surface area (Å²) in [5.74, 6) is 0.925. The predicted octanol–water partition coefficient (Wildman–Crippen LogP) is 0.483. The number of nitrogens with zero attached hydrogens (tertiary/aromatic N) is 4. The predicted molar refractivity (Wildman–Crippen MR) is 68.9 cm³/mol. The number of pyridine rings is 1. The van der Waals surface area contributed by atoms with E-state index in [-0.39, 0.29) is 6.61 Å². The van der Waals surface area contributed by atoms with Crippen LogP contribution < -0.4 is 4.90 Å². The summed E-state index contributed by atoms with van der Waals surface area (Å²) in [6, 6.07) is 4.01. The molecule has 0 amide bonds. The maximum Gasteiger partial charge on any atom is 0.157 e. The molecule has 0 aliphatic carbocycles. The topological polar surface area (TPSA) is 62.9 Å². The third-order valence-electron chi connectivity index (χ3n) is 2.76. The number of aliphatic hydroxyl groups excluding tert-OH is 1. The van der Waals surface area contributed by atoms with Gasteiger partial charge in [0.1, 0.15) is 12.1 Å². The Morgan fingerprint density at radius 3 is 2.94 bits per heavy atom. The number of aliphatic hydroxyl groups is 1. The monoisotopic (exact) mass is 250 g/mol. The van der Waals surface area contributed by atoms with Crippen LogP contribution in [-0.4, -0.2) is 53.1 Å². The number of ether oxygens (including phenoxy) is 1. The second-order valence-corrected chi connectivity index (χ2v) is 4.12. The number of aryl methyl sites for hydroxylation is 1. The summed E-state index contributed by atoms with van der Waals surface area (Å²) in [5, 5.41) is 13.4. The molecule has 18 heavy (non-hydrogen) atoms. The zero-order chi connectivity index (χ0) is 13.0. The largest absolute Gasteiger partial charge is 0.395 e. The van der Waals surface area contributed by atoms with E-state index in [0.717, 1.165) is 17.0 Å². The summed E-state index contributed by atoms with van der Waals surface area (Å²) in [6.07, 6.45) is 1.53. The summed E-state index contributed by atoms with van der Waals surface area (Å²) in [7, 11) is 1.67. The molecule has 2 heterocycles. The molecule has 0 atom stereocenters. The van der Waals surface area contributed by atoms with Crippen LogP contribution in [0.5, 0.6) is 0 Å². The van der Waals surface area contributed by atoms with E-state index < -0.39 is 0 Å². The van der Waals surface area contributed by atoms with Crippen molar-refractivity contribution in [2.24, 2.45) is 0 Å². The Morgan fingerprint density at radius 2 is 2.22 bits per heavy atom. The van der Waals surface area contributed by atoms with Crippen molar-refractivity contribution in [3.63, 3.8) is 0 Å². The van der Waals surface area contributed by atoms with E-state index in [1.807, 2.05) is 24.0 Å². The molecule has 98 valence electrons. The van der Waals surface area contributed by atoms with Crippen molar-refractivity contribution in [1.29, 1.82) is 0 Å². The van der Waals surface area contributed by atoms with Gasteiger partial charge in [-0.25, -0.2) is 4.98 Å². The maximum atomic E-state index is 9.16. The van der Waals surface area contributed by atoms with Gasteiger partial charge in [-0.1, -0.05) is 0 Å². The Morgan fingerprint density at radius 1 is 1.39 bits per heavy atom. The van der Waals surface area contributed by atoms with Gasteiger partial charge >= 0.3 is 0 Å². The Balaban J connectivity index is 2.38. The normalized spacial score (nSPS) is 11.1. The number of rotatable bonds is 6. The Labute approximate surface area is 106 Å². The van der Waals surface area contributed by atoms with Gasteiger partial charge in [-0.3, -0.25) is 0 Å². The number of methoxy groups -OCH3 is 1. The number of anilines is 1. The van der Waals surface area contributed by atoms with Crippen LogP contribution in [0.4, 0.5) is 5.82 Å². The minimum Gasteiger partial charge on any atom is -0.395 e. The van der Waals surface area contributed by atoms with Crippen molar-refractivity contribution in [1.82, 2.24) is 14.6 Å². The molecule has 0 aromatic carbocycles. The zero-order valence-corrected chi connectivity index (χ0v) is 10.7. The van der Waals surface area contributed by atoms with E-state index in [2.05, 4.69) is 10.1 Å². The molecular formula is C12H18N4O2. The highest BCUT2D eigenvalue weighted by Gasteiger charge is 2.11. The van der Waals surface area contributed by atoms with Crippen LogP contribution in [0.1, 0.15) is 5.56 Å². The van der Waals surface area contributed by atoms with Gasteiger partial charge in [0.15, 0.2) is 5.65 Å². The van der Waals surface area contributed by atoms with Crippen LogP contribution in [-0.2, 0) is 4.74 Å². The second-order valence-electron chi connectivity index (χ2n) is 4.12. The highest BCUT2D eigenvalue weighted by molar-refractivity contribution is 5.52. The Bertz CT molecular complexity index is 512. The van der Waals surface area contributed by atoms with Crippen molar-refractivity contribution in [2.75, 3.05) is 38.3 Å². The number of fused-ring (bicyclic) bond motifs is 1. The standard InChI is InChI=1S/C12H18N4O2/c1-10-7-11-13-9-14-16(11)12(8-10)15(3-5-17)4-6-18-2/h7-9,17H,3-6H2,1-2H3. The number of aromatic nitrogens is 3. The SMILES string of the molecule is COCCN(CCO)c1cc(C)cc2ncnn12. The van der Waals surface area contributed by atoms with Crippen molar-refractivity contribution in [3.8, 4) is 0 Å². The van der Waals surface area contributed by atoms with Gasteiger partial charge < -0.3 is 14.7 Å². The van der Waals surface area contributed by atoms with Gasteiger partial charge in [-0.15, -0.1) is 0 Å². The van der Waals surface area contributed by atoms with Gasteiger partial charge in [0.05, 0.1) is 13.2 Å². The molecule has 6 heteroatoms. The van der Waals surface area contributed by atoms with E-state index >= 15 is 0 Å². The quantitative estimate of drug-likeness (QED) is 0.808. The van der Waals surface area contributed by atoms with Gasteiger partial charge in [0.25, 0.3) is 0 Å². The molecule has 0 unspecified atom stereocenters. The third kappa shape index (κ3) is 2.60. The van der Waals surface area contributed by atoms with Crippen molar-refractivity contribution in [2.45, 2.75) is 6.92 Å². The first-order valence-electron chi connectivity index (χ1n) is 5.91. The smallest absolute Gasteiger partial charge is 0.157 e. The lowest BCUT2D eigenvalue weighted by molar-refractivity contribution is 0.202. The minimum atomic E-state index is 0.0911. The molecule has 0 saturated heterocycles. The fraction of sp³-hybridized carbons (Fsp3) is 0.500. The Kier molecular flexibility index (Phi) is 4.11. The van der Waals surface area contributed by atoms with Gasteiger partial charge in [0, 0.05) is 20.2 Å². The summed E-state index contributed by atoms with van der Waals surface area (Å²) in [4.78, 5) is 6.23. The van der Waals surface area contributed by atoms with E-state index in [0.29, 0.717) is 19.7 Å². The minimum absolute atomic E-state index is 0.0911. The van der Waals surface area contributed by atoms with Crippen molar-refractivity contribution >= 4 is 11.5 Å². The molecule has 0 radical (unpaired) electrons. The molecule has 0 spiro atoms. The van der Waals surface area contributed by atoms with Gasteiger partial charge in [0.2, 0.25) is 0 Å². The van der Waals surface area contributed by atoms with E-state index in [1.165, 1.54) is 6.33 Å². The number of hydrogen-bond acceptors (Lipinski definition) is 5. The fourth-order valence-electron chi connectivity index (χ4n) is 1.92. The van der Waals surface area contributed by atoms with Crippen LogP contribution in [0.3, 0.4) is 0 Å². The summed E-state index contributed by atoms with van der Waals surface area (Å²) in [6.45, 7) is 3.96. The molecule has 0 bridgehead atoms. The molecule has 0 aliphatic rings. The lowest BCUT2D eigenvalue weighted by Crippen LogP contribution is -2.32. The van der Waals surface area contributed by atoms with Crippen LogP contribution in [0.15, 0.2) is 18.5 Å². The molecule has 1 N–H and O–H groups in total. The van der Waals surface area contributed by atoms with Gasteiger partial charge in [-0.05, 0) is 24.6 Å². The third-order valence-corrected chi connectivity index (χ3v) is 2.76. The summed E-state index contributed by atoms with van der Waals surface area (Å²) < 4.78 is 6.87. The highest BCUT2D eigenvalue weighted by atomic mass is 16.5. The molecule has 2 rings (SSSR count). The lowest BCUT2D eigenvalue weighted by atomic mass is 10.2. The molecule has 0 saturated carbocycles. The average Bonchev–Trinajstić information content (AvgIpc) is 2.81. The Hall–Kier alpha value is -1.66. The van der Waals surface area contributed by atoms with E-state index in [1.54, 1.807) is 11.6 Å². The van der Waals surface area contributed by atoms with Gasteiger partial charge in [-0.2, -0.15) is 9.61 Å². The van der Waals surface area contributed by atoms with E-state index in [4.69, 9.17) is 9.84 Å². The lowest BCUT2D eigenvalue weighted by Gasteiger charge is -2.24.